The van der Waals surface area contributed by atoms with Crippen LogP contribution in [0.25, 0.3) is 10.9 Å². The van der Waals surface area contributed by atoms with E-state index in [9.17, 15) is 13.2 Å². The SMILES string of the molecule is C/C=C(/I)CN([C@@H]1CCC(=O)c2c1[nH]c1ccccc21)[SH](=O)=O. The Balaban J connectivity index is 2.12. The number of nitrogens with zero attached hydrogens (tertiary/aromatic N) is 1. The highest BCUT2D eigenvalue weighted by Crippen LogP contribution is 2.38. The third-order valence-electron chi connectivity index (χ3n) is 4.19. The number of halogens is 1. The number of carbonyl (C=O) groups excluding carboxylic acids is 1. The predicted octanol–water partition coefficient (Wildman–Crippen LogP) is 3.35. The molecule has 0 saturated heterocycles. The molecule has 5 nitrogen and oxygen atoms in total. The number of nitrogens with one attached hydrogen (secondary N) is 1. The number of carbonyl (C=O) groups is 1. The van der Waals surface area contributed by atoms with E-state index in [1.54, 1.807) is 0 Å². The zero-order chi connectivity index (χ0) is 16.6. The van der Waals surface area contributed by atoms with E-state index in [-0.39, 0.29) is 11.8 Å². The van der Waals surface area contributed by atoms with Crippen molar-refractivity contribution in [3.8, 4) is 0 Å². The molecule has 1 aliphatic carbocycles. The molecule has 0 radical (unpaired) electrons. The van der Waals surface area contributed by atoms with Gasteiger partial charge < -0.3 is 4.98 Å². The fourth-order valence-corrected chi connectivity index (χ4v) is 4.44. The monoisotopic (exact) mass is 444 g/mol. The second-order valence-corrected chi connectivity index (χ2v) is 7.88. The van der Waals surface area contributed by atoms with Gasteiger partial charge in [0, 0.05) is 38.7 Å². The topological polar surface area (TPSA) is 70.2 Å². The minimum Gasteiger partial charge on any atom is -0.356 e. The first-order valence-corrected chi connectivity index (χ1v) is 9.59. The molecular weight excluding hydrogens is 427 g/mol. The summed E-state index contributed by atoms with van der Waals surface area (Å²) in [5.41, 5.74) is 2.25. The lowest BCUT2D eigenvalue weighted by Crippen LogP contribution is -2.32. The van der Waals surface area contributed by atoms with Crippen LogP contribution in [0, 0.1) is 0 Å². The summed E-state index contributed by atoms with van der Waals surface area (Å²) < 4.78 is 26.0. The van der Waals surface area contributed by atoms with Gasteiger partial charge in [-0.3, -0.25) is 4.79 Å². The van der Waals surface area contributed by atoms with Gasteiger partial charge in [0.2, 0.25) is 10.9 Å². The van der Waals surface area contributed by atoms with Crippen LogP contribution in [0.2, 0.25) is 0 Å². The molecule has 0 fully saturated rings. The Morgan fingerprint density at radius 2 is 2.17 bits per heavy atom. The van der Waals surface area contributed by atoms with Gasteiger partial charge in [-0.05, 0) is 42.0 Å². The van der Waals surface area contributed by atoms with Gasteiger partial charge in [-0.2, -0.15) is 4.31 Å². The smallest absolute Gasteiger partial charge is 0.204 e. The zero-order valence-electron chi connectivity index (χ0n) is 12.6. The largest absolute Gasteiger partial charge is 0.356 e. The lowest BCUT2D eigenvalue weighted by atomic mass is 9.90. The maximum atomic E-state index is 12.4. The number of H-pyrrole nitrogens is 1. The summed E-state index contributed by atoms with van der Waals surface area (Å²) in [7, 11) is -2.74. The summed E-state index contributed by atoms with van der Waals surface area (Å²) >= 11 is 2.14. The van der Waals surface area contributed by atoms with E-state index in [4.69, 9.17) is 0 Å². The van der Waals surface area contributed by atoms with Gasteiger partial charge in [0.25, 0.3) is 0 Å². The molecule has 0 aliphatic heterocycles. The standard InChI is InChI=1S/C16H17IN2O3S/c1-2-10(17)9-19(23(21)22)13-7-8-14(20)15-11-5-3-4-6-12(11)18-16(13)15/h2-6,13,18,23H,7-9H2,1H3/b10-2+/t13-/m1/s1. The number of hydrogen-bond donors (Lipinski definition) is 2. The van der Waals surface area contributed by atoms with Crippen molar-refractivity contribution in [1.82, 2.24) is 9.29 Å². The van der Waals surface area contributed by atoms with Gasteiger partial charge >= 0.3 is 0 Å². The number of rotatable bonds is 4. The van der Waals surface area contributed by atoms with Crippen LogP contribution < -0.4 is 0 Å². The average molecular weight is 444 g/mol. The van der Waals surface area contributed by atoms with Crippen molar-refractivity contribution < 1.29 is 13.2 Å². The first-order valence-electron chi connectivity index (χ1n) is 7.38. The number of allylic oxidation sites excluding steroid dienone is 1. The molecule has 1 N–H and O–H groups in total. The normalized spacial score (nSPS) is 18.9. The first kappa shape index (κ1) is 16.7. The molecule has 0 unspecified atom stereocenters. The van der Waals surface area contributed by atoms with Crippen LogP contribution in [-0.2, 0) is 10.9 Å². The quantitative estimate of drug-likeness (QED) is 0.562. The number of aromatic nitrogens is 1. The minimum atomic E-state index is -2.74. The summed E-state index contributed by atoms with van der Waals surface area (Å²) in [6, 6.07) is 7.29. The van der Waals surface area contributed by atoms with E-state index in [1.165, 1.54) is 4.31 Å². The molecular formula is C16H17IN2O3S. The molecule has 0 amide bonds. The molecule has 1 atom stereocenters. The Morgan fingerprint density at radius 3 is 2.87 bits per heavy atom. The second kappa shape index (κ2) is 6.74. The van der Waals surface area contributed by atoms with E-state index in [2.05, 4.69) is 27.6 Å². The maximum absolute atomic E-state index is 12.4. The van der Waals surface area contributed by atoms with Gasteiger partial charge in [-0.1, -0.05) is 24.3 Å². The van der Waals surface area contributed by atoms with Crippen LogP contribution in [0.3, 0.4) is 0 Å². The van der Waals surface area contributed by atoms with Gasteiger partial charge in [0.05, 0.1) is 6.04 Å². The molecule has 23 heavy (non-hydrogen) atoms. The summed E-state index contributed by atoms with van der Waals surface area (Å²) in [6.07, 6.45) is 2.77. The van der Waals surface area contributed by atoms with Gasteiger partial charge in [-0.15, -0.1) is 0 Å². The highest BCUT2D eigenvalue weighted by atomic mass is 127. The number of ketones is 1. The fourth-order valence-electron chi connectivity index (χ4n) is 3.08. The molecule has 7 heteroatoms. The number of para-hydroxylation sites is 1. The fraction of sp³-hybridized carbons (Fsp3) is 0.312. The summed E-state index contributed by atoms with van der Waals surface area (Å²) in [5.74, 6) is 0.0792. The number of benzene rings is 1. The summed E-state index contributed by atoms with van der Waals surface area (Å²) in [5, 5.41) is 0.874. The second-order valence-electron chi connectivity index (χ2n) is 5.51. The lowest BCUT2D eigenvalue weighted by molar-refractivity contribution is 0.0956. The lowest BCUT2D eigenvalue weighted by Gasteiger charge is -2.29. The Bertz CT molecular complexity index is 861. The van der Waals surface area contributed by atoms with E-state index in [0.29, 0.717) is 24.9 Å². The third kappa shape index (κ3) is 3.09. The van der Waals surface area contributed by atoms with E-state index >= 15 is 0 Å². The van der Waals surface area contributed by atoms with E-state index < -0.39 is 10.9 Å². The summed E-state index contributed by atoms with van der Waals surface area (Å²) in [4.78, 5) is 15.6. The van der Waals surface area contributed by atoms with Gasteiger partial charge in [0.15, 0.2) is 5.78 Å². The average Bonchev–Trinajstić information content (AvgIpc) is 2.93. The van der Waals surface area contributed by atoms with Crippen LogP contribution in [0.1, 0.15) is 41.9 Å². The van der Waals surface area contributed by atoms with Crippen molar-refractivity contribution in [3.63, 3.8) is 0 Å². The van der Waals surface area contributed by atoms with Crippen molar-refractivity contribution in [1.29, 1.82) is 0 Å². The van der Waals surface area contributed by atoms with Crippen LogP contribution in [0.4, 0.5) is 0 Å². The first-order chi connectivity index (χ1) is 11.0. The summed E-state index contributed by atoms with van der Waals surface area (Å²) in [6.45, 7) is 2.22. The van der Waals surface area contributed by atoms with Crippen molar-refractivity contribution >= 4 is 50.2 Å². The highest BCUT2D eigenvalue weighted by Gasteiger charge is 2.34. The van der Waals surface area contributed by atoms with E-state index in [0.717, 1.165) is 20.2 Å². The molecule has 2 aromatic rings. The van der Waals surface area contributed by atoms with Crippen LogP contribution in [-0.4, -0.2) is 30.0 Å². The third-order valence-corrected chi connectivity index (χ3v) is 5.99. The molecule has 3 rings (SSSR count). The van der Waals surface area contributed by atoms with Crippen LogP contribution >= 0.6 is 22.6 Å². The molecule has 1 aromatic heterocycles. The Kier molecular flexibility index (Phi) is 4.88. The molecule has 1 aromatic carbocycles. The van der Waals surface area contributed by atoms with Gasteiger partial charge in [-0.25, -0.2) is 8.42 Å². The zero-order valence-corrected chi connectivity index (χ0v) is 15.6. The van der Waals surface area contributed by atoms with E-state index in [1.807, 2.05) is 37.3 Å². The van der Waals surface area contributed by atoms with Crippen LogP contribution in [0.5, 0.6) is 0 Å². The molecule has 0 bridgehead atoms. The van der Waals surface area contributed by atoms with Crippen molar-refractivity contribution in [2.24, 2.45) is 0 Å². The van der Waals surface area contributed by atoms with Crippen molar-refractivity contribution in [2.45, 2.75) is 25.8 Å². The maximum Gasteiger partial charge on any atom is 0.204 e. The van der Waals surface area contributed by atoms with Gasteiger partial charge in [0.1, 0.15) is 0 Å². The number of fused-ring (bicyclic) bond motifs is 3. The molecule has 122 valence electrons. The Morgan fingerprint density at radius 1 is 1.43 bits per heavy atom. The number of aromatic amines is 1. The molecule has 0 saturated carbocycles. The van der Waals surface area contributed by atoms with Crippen molar-refractivity contribution in [2.75, 3.05) is 6.54 Å². The molecule has 1 heterocycles. The number of hydrogen-bond acceptors (Lipinski definition) is 3. The van der Waals surface area contributed by atoms with Crippen molar-refractivity contribution in [3.05, 3.63) is 45.2 Å². The predicted molar refractivity (Wildman–Crippen MR) is 99.4 cm³/mol. The number of thiol groups is 1. The molecule has 0 spiro atoms. The Hall–Kier alpha value is -1.19. The Labute approximate surface area is 150 Å². The molecule has 1 aliphatic rings. The minimum absolute atomic E-state index is 0.0792. The number of Topliss-reactive ketones (excluding diaryl/α,β-unsaturated/α-hetero) is 1. The van der Waals surface area contributed by atoms with Crippen LogP contribution in [0.15, 0.2) is 33.9 Å². The highest BCUT2D eigenvalue weighted by molar-refractivity contribution is 14.1.